The maximum atomic E-state index is 5.55. The Balaban J connectivity index is 1.44. The number of fused-ring (bicyclic) bond motifs is 1. The van der Waals surface area contributed by atoms with Crippen LogP contribution in [0.1, 0.15) is 16.7 Å². The van der Waals surface area contributed by atoms with Gasteiger partial charge in [0, 0.05) is 43.7 Å². The molecule has 0 saturated heterocycles. The lowest BCUT2D eigenvalue weighted by Gasteiger charge is -2.10. The molecule has 0 aliphatic carbocycles. The minimum absolute atomic E-state index is 0.747. The van der Waals surface area contributed by atoms with E-state index in [4.69, 9.17) is 4.74 Å². The molecular weight excluding hydrogens is 288 g/mol. The zero-order valence-corrected chi connectivity index (χ0v) is 12.8. The van der Waals surface area contributed by atoms with E-state index in [-0.39, 0.29) is 0 Å². The van der Waals surface area contributed by atoms with E-state index in [1.165, 1.54) is 11.1 Å². The van der Waals surface area contributed by atoms with Crippen molar-refractivity contribution in [2.24, 2.45) is 0 Å². The fraction of sp³-hybridized carbons (Fsp3) is 0.222. The van der Waals surface area contributed by atoms with Gasteiger partial charge in [-0.3, -0.25) is 0 Å². The minimum Gasteiger partial charge on any atom is -0.493 e. The van der Waals surface area contributed by atoms with Gasteiger partial charge < -0.3 is 10.1 Å². The van der Waals surface area contributed by atoms with Crippen LogP contribution in [0.5, 0.6) is 5.75 Å². The van der Waals surface area contributed by atoms with Gasteiger partial charge in [0.2, 0.25) is 0 Å². The molecule has 0 amide bonds. The lowest BCUT2D eigenvalue weighted by Crippen LogP contribution is -2.15. The van der Waals surface area contributed by atoms with Gasteiger partial charge >= 0.3 is 0 Å². The van der Waals surface area contributed by atoms with Crippen molar-refractivity contribution in [3.63, 3.8) is 0 Å². The molecule has 1 aliphatic heterocycles. The van der Waals surface area contributed by atoms with Crippen LogP contribution in [0.15, 0.2) is 55.0 Å². The molecule has 1 aromatic carbocycles. The number of benzene rings is 1. The van der Waals surface area contributed by atoms with E-state index >= 15 is 0 Å². The van der Waals surface area contributed by atoms with Crippen LogP contribution in [-0.4, -0.2) is 21.4 Å². The van der Waals surface area contributed by atoms with Crippen LogP contribution in [0.4, 0.5) is 0 Å². The first-order chi connectivity index (χ1) is 11.4. The van der Waals surface area contributed by atoms with Gasteiger partial charge in [0.15, 0.2) is 5.82 Å². The van der Waals surface area contributed by atoms with Crippen LogP contribution in [0.25, 0.3) is 5.82 Å². The molecule has 4 rings (SSSR count). The Morgan fingerprint density at radius 2 is 2.13 bits per heavy atom. The summed E-state index contributed by atoms with van der Waals surface area (Å²) in [4.78, 5) is 4.44. The van der Waals surface area contributed by atoms with Crippen molar-refractivity contribution in [3.05, 3.63) is 71.7 Å². The van der Waals surface area contributed by atoms with Crippen molar-refractivity contribution in [1.29, 1.82) is 0 Å². The van der Waals surface area contributed by atoms with E-state index < -0.39 is 0 Å². The molecule has 5 nitrogen and oxygen atoms in total. The number of nitrogens with one attached hydrogen (secondary N) is 1. The number of nitrogens with zero attached hydrogens (tertiary/aromatic N) is 3. The minimum atomic E-state index is 0.747. The number of pyridine rings is 1. The average Bonchev–Trinajstić information content (AvgIpc) is 3.26. The van der Waals surface area contributed by atoms with Crippen LogP contribution < -0.4 is 10.1 Å². The van der Waals surface area contributed by atoms with Gasteiger partial charge in [-0.2, -0.15) is 5.10 Å². The summed E-state index contributed by atoms with van der Waals surface area (Å²) in [6.45, 7) is 2.37. The molecule has 0 unspecified atom stereocenters. The largest absolute Gasteiger partial charge is 0.493 e. The third-order valence-electron chi connectivity index (χ3n) is 3.99. The molecule has 1 aliphatic rings. The molecule has 0 spiro atoms. The molecule has 23 heavy (non-hydrogen) atoms. The fourth-order valence-electron chi connectivity index (χ4n) is 2.86. The summed E-state index contributed by atoms with van der Waals surface area (Å²) in [5.74, 6) is 1.90. The number of hydrogen-bond acceptors (Lipinski definition) is 4. The first-order valence-corrected chi connectivity index (χ1v) is 7.79. The van der Waals surface area contributed by atoms with E-state index in [1.807, 2.05) is 18.3 Å². The second-order valence-corrected chi connectivity index (χ2v) is 5.58. The van der Waals surface area contributed by atoms with Crippen molar-refractivity contribution in [3.8, 4) is 11.6 Å². The summed E-state index contributed by atoms with van der Waals surface area (Å²) >= 11 is 0. The number of ether oxygens (including phenoxy) is 1. The molecule has 3 heterocycles. The van der Waals surface area contributed by atoms with E-state index in [9.17, 15) is 0 Å². The van der Waals surface area contributed by atoms with Crippen LogP contribution >= 0.6 is 0 Å². The molecule has 2 aromatic heterocycles. The van der Waals surface area contributed by atoms with Gasteiger partial charge in [-0.15, -0.1) is 0 Å². The highest BCUT2D eigenvalue weighted by Gasteiger charge is 2.12. The molecule has 0 saturated carbocycles. The molecule has 0 radical (unpaired) electrons. The predicted molar refractivity (Wildman–Crippen MR) is 87.5 cm³/mol. The molecule has 1 N–H and O–H groups in total. The summed E-state index contributed by atoms with van der Waals surface area (Å²) in [7, 11) is 0. The number of rotatable bonds is 5. The van der Waals surface area contributed by atoms with Crippen LogP contribution in [0.3, 0.4) is 0 Å². The zero-order valence-electron chi connectivity index (χ0n) is 12.8. The molecule has 0 fully saturated rings. The number of aromatic nitrogens is 3. The lowest BCUT2D eigenvalue weighted by molar-refractivity contribution is 0.357. The average molecular weight is 306 g/mol. The Morgan fingerprint density at radius 3 is 3.04 bits per heavy atom. The SMILES string of the molecule is c1cnc(-n2cccn2)c(CNCc2ccc3c(c2)CCO3)c1. The van der Waals surface area contributed by atoms with Gasteiger partial charge in [0.05, 0.1) is 6.61 Å². The van der Waals surface area contributed by atoms with Gasteiger partial charge in [-0.25, -0.2) is 9.67 Å². The normalized spacial score (nSPS) is 12.9. The highest BCUT2D eigenvalue weighted by Crippen LogP contribution is 2.25. The molecule has 116 valence electrons. The third kappa shape index (κ3) is 2.96. The maximum absolute atomic E-state index is 5.55. The highest BCUT2D eigenvalue weighted by atomic mass is 16.5. The second-order valence-electron chi connectivity index (χ2n) is 5.58. The van der Waals surface area contributed by atoms with Gasteiger partial charge in [-0.05, 0) is 29.3 Å². The first kappa shape index (κ1) is 14.0. The Kier molecular flexibility index (Phi) is 3.78. The monoisotopic (exact) mass is 306 g/mol. The highest BCUT2D eigenvalue weighted by molar-refractivity contribution is 5.40. The fourth-order valence-corrected chi connectivity index (χ4v) is 2.86. The van der Waals surface area contributed by atoms with Crippen molar-refractivity contribution in [2.75, 3.05) is 6.61 Å². The van der Waals surface area contributed by atoms with Crippen molar-refractivity contribution in [1.82, 2.24) is 20.1 Å². The molecule has 0 atom stereocenters. The Hall–Kier alpha value is -2.66. The van der Waals surface area contributed by atoms with E-state index in [0.29, 0.717) is 0 Å². The molecular formula is C18H18N4O. The third-order valence-corrected chi connectivity index (χ3v) is 3.99. The van der Waals surface area contributed by atoms with E-state index in [2.05, 4.69) is 39.7 Å². The first-order valence-electron chi connectivity index (χ1n) is 7.79. The Labute approximate surface area is 134 Å². The van der Waals surface area contributed by atoms with Gasteiger partial charge in [0.1, 0.15) is 5.75 Å². The molecule has 0 bridgehead atoms. The van der Waals surface area contributed by atoms with Gasteiger partial charge in [-0.1, -0.05) is 18.2 Å². The number of hydrogen-bond donors (Lipinski definition) is 1. The van der Waals surface area contributed by atoms with E-state index in [1.54, 1.807) is 17.1 Å². The predicted octanol–water partition coefficient (Wildman–Crippen LogP) is 2.49. The van der Waals surface area contributed by atoms with E-state index in [0.717, 1.165) is 43.2 Å². The van der Waals surface area contributed by atoms with Crippen molar-refractivity contribution < 1.29 is 4.74 Å². The second kappa shape index (κ2) is 6.22. The summed E-state index contributed by atoms with van der Waals surface area (Å²) in [5, 5.41) is 7.75. The quantitative estimate of drug-likeness (QED) is 0.787. The van der Waals surface area contributed by atoms with Crippen LogP contribution in [-0.2, 0) is 19.5 Å². The smallest absolute Gasteiger partial charge is 0.157 e. The topological polar surface area (TPSA) is 52.0 Å². The van der Waals surface area contributed by atoms with Crippen molar-refractivity contribution >= 4 is 0 Å². The van der Waals surface area contributed by atoms with Crippen LogP contribution in [0, 0.1) is 0 Å². The Bertz CT molecular complexity index is 799. The van der Waals surface area contributed by atoms with Crippen molar-refractivity contribution in [2.45, 2.75) is 19.5 Å². The van der Waals surface area contributed by atoms with Gasteiger partial charge in [0.25, 0.3) is 0 Å². The summed E-state index contributed by atoms with van der Waals surface area (Å²) in [6, 6.07) is 12.4. The summed E-state index contributed by atoms with van der Waals surface area (Å²) in [6.07, 6.45) is 6.47. The standard InChI is InChI=1S/C18H18N4O/c1-3-16(18(20-7-1)22-9-2-8-21-22)13-19-12-14-4-5-17-15(11-14)6-10-23-17/h1-5,7-9,11,19H,6,10,12-13H2. The summed E-state index contributed by atoms with van der Waals surface area (Å²) in [5.41, 5.74) is 3.71. The van der Waals surface area contributed by atoms with Crippen LogP contribution in [0.2, 0.25) is 0 Å². The maximum Gasteiger partial charge on any atom is 0.157 e. The Morgan fingerprint density at radius 1 is 1.13 bits per heavy atom. The zero-order chi connectivity index (χ0) is 15.5. The molecule has 5 heteroatoms. The molecule has 3 aromatic rings. The summed E-state index contributed by atoms with van der Waals surface area (Å²) < 4.78 is 7.34. The lowest BCUT2D eigenvalue weighted by atomic mass is 10.1.